The fourth-order valence-electron chi connectivity index (χ4n) is 1.44. The summed E-state index contributed by atoms with van der Waals surface area (Å²) in [6, 6.07) is 7.70. The smallest absolute Gasteiger partial charge is 0.233 e. The van der Waals surface area contributed by atoms with Gasteiger partial charge in [0, 0.05) is 17.6 Å². The first-order valence-corrected chi connectivity index (χ1v) is 5.77. The molecule has 1 amide bonds. The van der Waals surface area contributed by atoms with Gasteiger partial charge in [-0.3, -0.25) is 4.79 Å². The number of benzene rings is 1. The van der Waals surface area contributed by atoms with E-state index >= 15 is 0 Å². The molecule has 1 unspecified atom stereocenters. The number of amides is 1. The molecule has 0 fully saturated rings. The van der Waals surface area contributed by atoms with Gasteiger partial charge in [0.15, 0.2) is 0 Å². The van der Waals surface area contributed by atoms with Crippen molar-refractivity contribution in [1.82, 2.24) is 10.6 Å². The fourth-order valence-corrected chi connectivity index (χ4v) is 1.74. The van der Waals surface area contributed by atoms with Crippen molar-refractivity contribution in [3.63, 3.8) is 0 Å². The van der Waals surface area contributed by atoms with E-state index in [1.807, 2.05) is 38.1 Å². The second-order valence-electron chi connectivity index (χ2n) is 3.58. The lowest BCUT2D eigenvalue weighted by atomic mass is 10.1. The van der Waals surface area contributed by atoms with Gasteiger partial charge in [-0.25, -0.2) is 0 Å². The van der Waals surface area contributed by atoms with E-state index in [0.717, 1.165) is 10.6 Å². The third-order valence-electron chi connectivity index (χ3n) is 2.31. The van der Waals surface area contributed by atoms with Gasteiger partial charge in [0.2, 0.25) is 5.91 Å². The van der Waals surface area contributed by atoms with Crippen molar-refractivity contribution in [2.45, 2.75) is 19.9 Å². The first kappa shape index (κ1) is 13.0. The molecule has 1 rings (SSSR count). The zero-order chi connectivity index (χ0) is 12.0. The average molecular weight is 241 g/mol. The Hall–Kier alpha value is -1.06. The molecule has 0 aromatic heterocycles. The van der Waals surface area contributed by atoms with Gasteiger partial charge >= 0.3 is 0 Å². The molecule has 16 heavy (non-hydrogen) atoms. The minimum Gasteiger partial charge on any atom is -0.355 e. The first-order chi connectivity index (χ1) is 7.65. The molecule has 88 valence electrons. The highest BCUT2D eigenvalue weighted by Crippen LogP contribution is 2.21. The Morgan fingerprint density at radius 3 is 2.75 bits per heavy atom. The summed E-state index contributed by atoms with van der Waals surface area (Å²) in [5.41, 5.74) is 1.01. The van der Waals surface area contributed by atoms with Crippen LogP contribution in [-0.4, -0.2) is 19.0 Å². The van der Waals surface area contributed by atoms with E-state index in [9.17, 15) is 4.79 Å². The van der Waals surface area contributed by atoms with Crippen LogP contribution in [0.1, 0.15) is 25.5 Å². The maximum Gasteiger partial charge on any atom is 0.233 e. The van der Waals surface area contributed by atoms with Gasteiger partial charge < -0.3 is 10.6 Å². The maximum atomic E-state index is 11.3. The number of nitrogens with one attached hydrogen (secondary N) is 2. The van der Waals surface area contributed by atoms with Crippen LogP contribution in [0.25, 0.3) is 0 Å². The molecule has 4 heteroatoms. The van der Waals surface area contributed by atoms with Crippen molar-refractivity contribution in [3.8, 4) is 0 Å². The Labute approximate surface area is 101 Å². The summed E-state index contributed by atoms with van der Waals surface area (Å²) in [4.78, 5) is 11.3. The molecule has 0 aliphatic rings. The van der Waals surface area contributed by atoms with Crippen LogP contribution < -0.4 is 10.6 Å². The Morgan fingerprint density at radius 2 is 2.12 bits per heavy atom. The molecule has 1 aromatic rings. The van der Waals surface area contributed by atoms with E-state index in [-0.39, 0.29) is 11.9 Å². The van der Waals surface area contributed by atoms with Crippen molar-refractivity contribution in [2.75, 3.05) is 13.1 Å². The lowest BCUT2D eigenvalue weighted by Gasteiger charge is -2.15. The molecule has 0 radical (unpaired) electrons. The molecule has 0 aliphatic heterocycles. The number of likely N-dealkylation sites (N-methyl/N-ethyl adjacent to an activating group) is 1. The van der Waals surface area contributed by atoms with Crippen molar-refractivity contribution in [2.24, 2.45) is 0 Å². The average Bonchev–Trinajstić information content (AvgIpc) is 2.27. The summed E-state index contributed by atoms with van der Waals surface area (Å²) in [6.07, 6.45) is 0. The standard InChI is InChI=1S/C12H17ClN2O/c1-3-14-12(16)8-15-9(2)10-6-4-5-7-11(10)13/h4-7,9,15H,3,8H2,1-2H3,(H,14,16). The van der Waals surface area contributed by atoms with Crippen LogP contribution >= 0.6 is 11.6 Å². The molecule has 0 aliphatic carbocycles. The predicted molar refractivity (Wildman–Crippen MR) is 66.6 cm³/mol. The minimum absolute atomic E-state index is 0.00130. The lowest BCUT2D eigenvalue weighted by Crippen LogP contribution is -2.34. The van der Waals surface area contributed by atoms with Gasteiger partial charge in [-0.05, 0) is 25.5 Å². The third-order valence-corrected chi connectivity index (χ3v) is 2.66. The molecule has 0 saturated heterocycles. The largest absolute Gasteiger partial charge is 0.355 e. The molecular weight excluding hydrogens is 224 g/mol. The molecule has 0 bridgehead atoms. The second kappa shape index (κ2) is 6.51. The van der Waals surface area contributed by atoms with Crippen LogP contribution in [-0.2, 0) is 4.79 Å². The summed E-state index contributed by atoms with van der Waals surface area (Å²) in [5, 5.41) is 6.58. The van der Waals surface area contributed by atoms with Crippen molar-refractivity contribution in [1.29, 1.82) is 0 Å². The summed E-state index contributed by atoms with van der Waals surface area (Å²) < 4.78 is 0. The summed E-state index contributed by atoms with van der Waals surface area (Å²) in [6.45, 7) is 4.84. The van der Waals surface area contributed by atoms with Crippen LogP contribution in [0.2, 0.25) is 5.02 Å². The Balaban J connectivity index is 2.50. The van der Waals surface area contributed by atoms with E-state index in [0.29, 0.717) is 13.1 Å². The topological polar surface area (TPSA) is 41.1 Å². The number of carbonyl (C=O) groups is 1. The van der Waals surface area contributed by atoms with Gasteiger partial charge in [0.05, 0.1) is 6.54 Å². The zero-order valence-corrected chi connectivity index (χ0v) is 10.3. The van der Waals surface area contributed by atoms with Gasteiger partial charge in [0.1, 0.15) is 0 Å². The highest BCUT2D eigenvalue weighted by Gasteiger charge is 2.09. The third kappa shape index (κ3) is 3.83. The van der Waals surface area contributed by atoms with Gasteiger partial charge in [-0.2, -0.15) is 0 Å². The normalized spacial score (nSPS) is 12.2. The Morgan fingerprint density at radius 1 is 1.44 bits per heavy atom. The van der Waals surface area contributed by atoms with Gasteiger partial charge in [-0.1, -0.05) is 29.8 Å². The van der Waals surface area contributed by atoms with E-state index in [1.54, 1.807) is 0 Å². The van der Waals surface area contributed by atoms with Gasteiger partial charge in [0.25, 0.3) is 0 Å². The number of carbonyl (C=O) groups excluding carboxylic acids is 1. The van der Waals surface area contributed by atoms with Crippen LogP contribution in [0.3, 0.4) is 0 Å². The quantitative estimate of drug-likeness (QED) is 0.828. The zero-order valence-electron chi connectivity index (χ0n) is 9.59. The number of hydrogen-bond acceptors (Lipinski definition) is 2. The number of rotatable bonds is 5. The molecule has 2 N–H and O–H groups in total. The molecule has 0 heterocycles. The highest BCUT2D eigenvalue weighted by molar-refractivity contribution is 6.31. The SMILES string of the molecule is CCNC(=O)CNC(C)c1ccccc1Cl. The van der Waals surface area contributed by atoms with Gasteiger partial charge in [-0.15, -0.1) is 0 Å². The molecular formula is C12H17ClN2O. The maximum absolute atomic E-state index is 11.3. The number of hydrogen-bond donors (Lipinski definition) is 2. The molecule has 0 spiro atoms. The van der Waals surface area contributed by atoms with Crippen LogP contribution in [0.4, 0.5) is 0 Å². The fraction of sp³-hybridized carbons (Fsp3) is 0.417. The summed E-state index contributed by atoms with van der Waals surface area (Å²) in [7, 11) is 0. The van der Waals surface area contributed by atoms with Crippen molar-refractivity contribution < 1.29 is 4.79 Å². The van der Waals surface area contributed by atoms with E-state index in [4.69, 9.17) is 11.6 Å². The Bertz CT molecular complexity index is 355. The van der Waals surface area contributed by atoms with Crippen LogP contribution in [0.5, 0.6) is 0 Å². The molecule has 3 nitrogen and oxygen atoms in total. The van der Waals surface area contributed by atoms with E-state index in [2.05, 4.69) is 10.6 Å². The lowest BCUT2D eigenvalue weighted by molar-refractivity contribution is -0.120. The number of halogens is 1. The van der Waals surface area contributed by atoms with Crippen LogP contribution in [0, 0.1) is 0 Å². The molecule has 1 aromatic carbocycles. The predicted octanol–water partition coefficient (Wildman–Crippen LogP) is 2.13. The Kier molecular flexibility index (Phi) is 5.29. The summed E-state index contributed by atoms with van der Waals surface area (Å²) in [5.74, 6) is 0.00130. The highest BCUT2D eigenvalue weighted by atomic mass is 35.5. The first-order valence-electron chi connectivity index (χ1n) is 5.39. The monoisotopic (exact) mass is 240 g/mol. The van der Waals surface area contributed by atoms with Crippen molar-refractivity contribution >= 4 is 17.5 Å². The van der Waals surface area contributed by atoms with E-state index in [1.165, 1.54) is 0 Å². The minimum atomic E-state index is 0.00130. The van der Waals surface area contributed by atoms with E-state index < -0.39 is 0 Å². The molecule has 1 atom stereocenters. The van der Waals surface area contributed by atoms with Crippen molar-refractivity contribution in [3.05, 3.63) is 34.9 Å². The summed E-state index contributed by atoms with van der Waals surface area (Å²) >= 11 is 6.06. The van der Waals surface area contributed by atoms with Crippen LogP contribution in [0.15, 0.2) is 24.3 Å². The second-order valence-corrected chi connectivity index (χ2v) is 3.98. The molecule has 0 saturated carbocycles.